The highest BCUT2D eigenvalue weighted by Crippen LogP contribution is 2.35. The zero-order chi connectivity index (χ0) is 13.1. The summed E-state index contributed by atoms with van der Waals surface area (Å²) < 4.78 is 0. The van der Waals surface area contributed by atoms with Gasteiger partial charge in [0.05, 0.1) is 0 Å². The third kappa shape index (κ3) is 3.58. The minimum Gasteiger partial charge on any atom is -0.309 e. The Bertz CT molecular complexity index is 386. The van der Waals surface area contributed by atoms with E-state index in [4.69, 9.17) is 0 Å². The number of hydrogen-bond donors (Lipinski definition) is 1. The summed E-state index contributed by atoms with van der Waals surface area (Å²) in [6.45, 7) is 5.99. The highest BCUT2D eigenvalue weighted by Gasteiger charge is 2.33. The second-order valence-corrected chi connectivity index (χ2v) is 6.28. The first-order valence-corrected chi connectivity index (χ1v) is 7.84. The molecule has 19 heavy (non-hydrogen) atoms. The van der Waals surface area contributed by atoms with Gasteiger partial charge in [-0.15, -0.1) is 0 Å². The van der Waals surface area contributed by atoms with Crippen molar-refractivity contribution in [1.82, 2.24) is 10.2 Å². The molecule has 0 spiro atoms. The Kier molecular flexibility index (Phi) is 4.19. The summed E-state index contributed by atoms with van der Waals surface area (Å²) in [7, 11) is 0. The summed E-state index contributed by atoms with van der Waals surface area (Å²) in [4.78, 5) is 2.71. The van der Waals surface area contributed by atoms with Crippen molar-refractivity contribution in [2.45, 2.75) is 51.2 Å². The summed E-state index contributed by atoms with van der Waals surface area (Å²) in [6.07, 6.45) is 5.60. The van der Waals surface area contributed by atoms with Crippen LogP contribution in [0, 0.1) is 5.92 Å². The van der Waals surface area contributed by atoms with Gasteiger partial charge >= 0.3 is 0 Å². The number of nitrogens with one attached hydrogen (secondary N) is 1. The highest BCUT2D eigenvalue weighted by molar-refractivity contribution is 5.14. The molecule has 1 saturated carbocycles. The lowest BCUT2D eigenvalue weighted by Gasteiger charge is -2.37. The molecule has 1 aromatic carbocycles. The van der Waals surface area contributed by atoms with E-state index in [0.29, 0.717) is 6.04 Å². The van der Waals surface area contributed by atoms with Crippen LogP contribution in [0.3, 0.4) is 0 Å². The Morgan fingerprint density at radius 1 is 1.21 bits per heavy atom. The largest absolute Gasteiger partial charge is 0.309 e. The van der Waals surface area contributed by atoms with Gasteiger partial charge in [-0.2, -0.15) is 0 Å². The van der Waals surface area contributed by atoms with Gasteiger partial charge in [-0.1, -0.05) is 30.3 Å². The van der Waals surface area contributed by atoms with Crippen molar-refractivity contribution in [3.05, 3.63) is 35.9 Å². The fraction of sp³-hybridized carbons (Fsp3) is 0.647. The molecule has 0 aromatic heterocycles. The first kappa shape index (κ1) is 13.1. The summed E-state index contributed by atoms with van der Waals surface area (Å²) in [5.74, 6) is 0.993. The van der Waals surface area contributed by atoms with Crippen LogP contribution in [0.5, 0.6) is 0 Å². The molecule has 0 radical (unpaired) electrons. The van der Waals surface area contributed by atoms with Crippen LogP contribution in [0.4, 0.5) is 0 Å². The SMILES string of the molecule is CC(C1CC1)N1CCCC(NCc2ccccc2)C1. The summed E-state index contributed by atoms with van der Waals surface area (Å²) in [6, 6.07) is 12.2. The van der Waals surface area contributed by atoms with Crippen molar-refractivity contribution in [2.24, 2.45) is 5.92 Å². The topological polar surface area (TPSA) is 15.3 Å². The van der Waals surface area contributed by atoms with E-state index in [9.17, 15) is 0 Å². The molecule has 1 aliphatic heterocycles. The van der Waals surface area contributed by atoms with Gasteiger partial charge in [0.1, 0.15) is 0 Å². The molecule has 2 nitrogen and oxygen atoms in total. The number of hydrogen-bond acceptors (Lipinski definition) is 2. The maximum Gasteiger partial charge on any atom is 0.0208 e. The van der Waals surface area contributed by atoms with E-state index in [-0.39, 0.29) is 0 Å². The molecule has 2 atom stereocenters. The first-order valence-electron chi connectivity index (χ1n) is 7.84. The molecule has 104 valence electrons. The zero-order valence-electron chi connectivity index (χ0n) is 12.0. The van der Waals surface area contributed by atoms with E-state index in [1.165, 1.54) is 44.3 Å². The molecule has 1 aromatic rings. The number of nitrogens with zero attached hydrogens (tertiary/aromatic N) is 1. The van der Waals surface area contributed by atoms with E-state index >= 15 is 0 Å². The van der Waals surface area contributed by atoms with E-state index < -0.39 is 0 Å². The normalized spacial score (nSPS) is 26.3. The lowest BCUT2D eigenvalue weighted by atomic mass is 10.0. The van der Waals surface area contributed by atoms with Crippen LogP contribution in [0.2, 0.25) is 0 Å². The minimum atomic E-state index is 0.676. The molecule has 3 rings (SSSR count). The van der Waals surface area contributed by atoms with Crippen molar-refractivity contribution in [2.75, 3.05) is 13.1 Å². The monoisotopic (exact) mass is 258 g/mol. The van der Waals surface area contributed by atoms with Crippen LogP contribution in [-0.2, 0) is 6.54 Å². The van der Waals surface area contributed by atoms with Gasteiger partial charge in [-0.25, -0.2) is 0 Å². The Morgan fingerprint density at radius 3 is 2.74 bits per heavy atom. The average molecular weight is 258 g/mol. The molecule has 2 heteroatoms. The van der Waals surface area contributed by atoms with E-state index in [1.807, 2.05) is 0 Å². The van der Waals surface area contributed by atoms with Gasteiger partial charge in [0, 0.05) is 25.2 Å². The van der Waals surface area contributed by atoms with Gasteiger partial charge in [0.15, 0.2) is 0 Å². The predicted molar refractivity (Wildman–Crippen MR) is 80.1 cm³/mol. The third-order valence-corrected chi connectivity index (χ3v) is 4.77. The van der Waals surface area contributed by atoms with Crippen LogP contribution in [0.25, 0.3) is 0 Å². The molecule has 2 aliphatic rings. The van der Waals surface area contributed by atoms with E-state index in [0.717, 1.165) is 18.5 Å². The van der Waals surface area contributed by atoms with Crippen LogP contribution >= 0.6 is 0 Å². The lowest BCUT2D eigenvalue weighted by molar-refractivity contribution is 0.132. The molecule has 0 bridgehead atoms. The maximum atomic E-state index is 3.74. The number of likely N-dealkylation sites (tertiary alicyclic amines) is 1. The van der Waals surface area contributed by atoms with Gasteiger partial charge in [0.2, 0.25) is 0 Å². The molecule has 2 unspecified atom stereocenters. The smallest absolute Gasteiger partial charge is 0.0208 e. The molecule has 1 aliphatic carbocycles. The second kappa shape index (κ2) is 6.06. The molecular weight excluding hydrogens is 232 g/mol. The Morgan fingerprint density at radius 2 is 2.00 bits per heavy atom. The molecule has 1 saturated heterocycles. The Labute approximate surface area is 117 Å². The summed E-state index contributed by atoms with van der Waals surface area (Å²) >= 11 is 0. The van der Waals surface area contributed by atoms with Crippen LogP contribution < -0.4 is 5.32 Å². The Hall–Kier alpha value is -0.860. The number of piperidine rings is 1. The molecular formula is C17H26N2. The summed E-state index contributed by atoms with van der Waals surface area (Å²) in [5, 5.41) is 3.74. The summed E-state index contributed by atoms with van der Waals surface area (Å²) in [5.41, 5.74) is 1.40. The lowest BCUT2D eigenvalue weighted by Crippen LogP contribution is -2.49. The zero-order valence-corrected chi connectivity index (χ0v) is 12.0. The minimum absolute atomic E-state index is 0.676. The number of benzene rings is 1. The van der Waals surface area contributed by atoms with Crippen LogP contribution in [-0.4, -0.2) is 30.1 Å². The molecule has 0 amide bonds. The quantitative estimate of drug-likeness (QED) is 0.873. The van der Waals surface area contributed by atoms with E-state index in [2.05, 4.69) is 47.5 Å². The highest BCUT2D eigenvalue weighted by atomic mass is 15.2. The standard InChI is InChI=1S/C17H26N2/c1-14(16-9-10-16)19-11-5-8-17(13-19)18-12-15-6-3-2-4-7-15/h2-4,6-7,14,16-18H,5,8-13H2,1H3. The fourth-order valence-corrected chi connectivity index (χ4v) is 3.28. The van der Waals surface area contributed by atoms with Gasteiger partial charge in [-0.3, -0.25) is 4.90 Å². The van der Waals surface area contributed by atoms with Crippen molar-refractivity contribution in [1.29, 1.82) is 0 Å². The molecule has 2 fully saturated rings. The van der Waals surface area contributed by atoms with E-state index in [1.54, 1.807) is 0 Å². The molecule has 1 heterocycles. The van der Waals surface area contributed by atoms with Gasteiger partial charge < -0.3 is 5.32 Å². The number of rotatable bonds is 5. The maximum absolute atomic E-state index is 3.74. The fourth-order valence-electron chi connectivity index (χ4n) is 3.28. The van der Waals surface area contributed by atoms with Crippen molar-refractivity contribution in [3.63, 3.8) is 0 Å². The van der Waals surface area contributed by atoms with Crippen LogP contribution in [0.15, 0.2) is 30.3 Å². The Balaban J connectivity index is 1.48. The van der Waals surface area contributed by atoms with Crippen LogP contribution in [0.1, 0.15) is 38.2 Å². The van der Waals surface area contributed by atoms with Crippen molar-refractivity contribution in [3.8, 4) is 0 Å². The van der Waals surface area contributed by atoms with Crippen molar-refractivity contribution >= 4 is 0 Å². The van der Waals surface area contributed by atoms with Gasteiger partial charge in [-0.05, 0) is 50.6 Å². The molecule has 1 N–H and O–H groups in total. The van der Waals surface area contributed by atoms with Crippen molar-refractivity contribution < 1.29 is 0 Å². The third-order valence-electron chi connectivity index (χ3n) is 4.77. The first-order chi connectivity index (χ1) is 9.33. The second-order valence-electron chi connectivity index (χ2n) is 6.28. The van der Waals surface area contributed by atoms with Gasteiger partial charge in [0.25, 0.3) is 0 Å². The average Bonchev–Trinajstić information content (AvgIpc) is 3.30. The predicted octanol–water partition coefficient (Wildman–Crippen LogP) is 3.04.